The van der Waals surface area contributed by atoms with Gasteiger partial charge in [0.05, 0.1) is 9.21 Å². The molecule has 0 bridgehead atoms. The molecule has 0 unspecified atom stereocenters. The van der Waals surface area contributed by atoms with Crippen molar-refractivity contribution in [1.82, 2.24) is 4.90 Å². The Kier molecular flexibility index (Phi) is 5.82. The molecule has 0 aromatic carbocycles. The van der Waals surface area contributed by atoms with Gasteiger partial charge in [0.25, 0.3) is 0 Å². The third-order valence-corrected chi connectivity index (χ3v) is 3.75. The van der Waals surface area contributed by atoms with E-state index in [1.54, 1.807) is 24.1 Å². The van der Waals surface area contributed by atoms with Gasteiger partial charge in [0.2, 0.25) is 5.91 Å². The number of halogens is 1. The predicted molar refractivity (Wildman–Crippen MR) is 75.4 cm³/mol. The number of thiophene rings is 1. The molecule has 1 rings (SSSR count). The molecule has 0 spiro atoms. The summed E-state index contributed by atoms with van der Waals surface area (Å²) in [5.74, 6) is 0.434. The van der Waals surface area contributed by atoms with Crippen molar-refractivity contribution in [2.24, 2.45) is 5.92 Å². The zero-order valence-corrected chi connectivity index (χ0v) is 12.5. The van der Waals surface area contributed by atoms with Crippen molar-refractivity contribution in [1.29, 1.82) is 0 Å². The van der Waals surface area contributed by atoms with Gasteiger partial charge in [-0.05, 0) is 18.1 Å². The van der Waals surface area contributed by atoms with Gasteiger partial charge in [-0.25, -0.2) is 0 Å². The monoisotopic (exact) mass is 287 g/mol. The average molecular weight is 288 g/mol. The summed E-state index contributed by atoms with van der Waals surface area (Å²) < 4.78 is 0.599. The number of carbonyl (C=O) groups excluding carboxylic acids is 2. The van der Waals surface area contributed by atoms with Crippen LogP contribution in [0.25, 0.3) is 0 Å². The molecule has 0 atom stereocenters. The minimum atomic E-state index is -0.0156. The fraction of sp³-hybridized carbons (Fsp3) is 0.538. The highest BCUT2D eigenvalue weighted by molar-refractivity contribution is 7.18. The number of hydrogen-bond acceptors (Lipinski definition) is 3. The van der Waals surface area contributed by atoms with Gasteiger partial charge in [-0.2, -0.15) is 0 Å². The van der Waals surface area contributed by atoms with Gasteiger partial charge in [0.15, 0.2) is 5.78 Å². The highest BCUT2D eigenvalue weighted by Gasteiger charge is 2.14. The van der Waals surface area contributed by atoms with Gasteiger partial charge < -0.3 is 4.90 Å². The van der Waals surface area contributed by atoms with Crippen molar-refractivity contribution in [3.8, 4) is 0 Å². The number of ketones is 1. The second-order valence-electron chi connectivity index (χ2n) is 4.70. The topological polar surface area (TPSA) is 37.4 Å². The van der Waals surface area contributed by atoms with E-state index < -0.39 is 0 Å². The molecule has 5 heteroatoms. The summed E-state index contributed by atoms with van der Waals surface area (Å²) in [5.41, 5.74) is 0. The summed E-state index contributed by atoms with van der Waals surface area (Å²) in [6.07, 6.45) is 0.510. The Balaban J connectivity index is 2.41. The molecule has 0 aliphatic rings. The van der Waals surface area contributed by atoms with Crippen molar-refractivity contribution in [2.75, 3.05) is 13.6 Å². The predicted octanol–water partition coefficient (Wildman–Crippen LogP) is 3.48. The van der Waals surface area contributed by atoms with Crippen LogP contribution in [0.15, 0.2) is 12.1 Å². The van der Waals surface area contributed by atoms with Crippen molar-refractivity contribution in [3.63, 3.8) is 0 Å². The first-order valence-corrected chi connectivity index (χ1v) is 7.12. The lowest BCUT2D eigenvalue weighted by Gasteiger charge is -2.19. The van der Waals surface area contributed by atoms with E-state index in [0.29, 0.717) is 15.1 Å². The first kappa shape index (κ1) is 15.2. The molecule has 0 aliphatic heterocycles. The number of amides is 1. The van der Waals surface area contributed by atoms with Crippen LogP contribution in [-0.2, 0) is 4.79 Å². The first-order valence-electron chi connectivity index (χ1n) is 5.92. The highest BCUT2D eigenvalue weighted by atomic mass is 35.5. The van der Waals surface area contributed by atoms with E-state index in [2.05, 4.69) is 13.8 Å². The summed E-state index contributed by atoms with van der Waals surface area (Å²) in [7, 11) is 1.77. The molecule has 18 heavy (non-hydrogen) atoms. The lowest BCUT2D eigenvalue weighted by atomic mass is 10.1. The zero-order valence-electron chi connectivity index (χ0n) is 10.9. The normalized spacial score (nSPS) is 10.7. The minimum absolute atomic E-state index is 0.0136. The molecule has 1 aromatic heterocycles. The molecule has 1 amide bonds. The Morgan fingerprint density at radius 1 is 1.33 bits per heavy atom. The first-order chi connectivity index (χ1) is 8.40. The van der Waals surface area contributed by atoms with Gasteiger partial charge in [0, 0.05) is 26.4 Å². The van der Waals surface area contributed by atoms with Crippen LogP contribution in [0.2, 0.25) is 4.34 Å². The molecule has 0 radical (unpaired) electrons. The summed E-state index contributed by atoms with van der Waals surface area (Å²) in [6, 6.07) is 3.41. The molecule has 0 saturated carbocycles. The molecule has 0 saturated heterocycles. The summed E-state index contributed by atoms with van der Waals surface area (Å²) >= 11 is 7.02. The van der Waals surface area contributed by atoms with Gasteiger partial charge in [0.1, 0.15) is 0 Å². The van der Waals surface area contributed by atoms with E-state index in [1.807, 2.05) is 0 Å². The van der Waals surface area contributed by atoms with Crippen molar-refractivity contribution >= 4 is 34.6 Å². The van der Waals surface area contributed by atoms with E-state index >= 15 is 0 Å². The van der Waals surface area contributed by atoms with Crippen LogP contribution >= 0.6 is 22.9 Å². The molecule has 3 nitrogen and oxygen atoms in total. The number of rotatable bonds is 6. The largest absolute Gasteiger partial charge is 0.345 e. The maximum Gasteiger partial charge on any atom is 0.222 e. The second kappa shape index (κ2) is 6.90. The third-order valence-electron chi connectivity index (χ3n) is 2.48. The quantitative estimate of drug-likeness (QED) is 0.751. The second-order valence-corrected chi connectivity index (χ2v) is 6.41. The number of hydrogen-bond donors (Lipinski definition) is 0. The average Bonchev–Trinajstić information content (AvgIpc) is 2.71. The Hall–Kier alpha value is -0.870. The fourth-order valence-electron chi connectivity index (χ4n) is 1.65. The molecule has 1 aromatic rings. The Morgan fingerprint density at radius 2 is 2.00 bits per heavy atom. The molecular weight excluding hydrogens is 270 g/mol. The van der Waals surface area contributed by atoms with Crippen LogP contribution in [-0.4, -0.2) is 30.2 Å². The van der Waals surface area contributed by atoms with Gasteiger partial charge in [-0.15, -0.1) is 11.3 Å². The number of carbonyl (C=O) groups is 2. The molecule has 0 N–H and O–H groups in total. The Labute approximate surface area is 117 Å². The molecule has 0 fully saturated rings. The third kappa shape index (κ3) is 4.78. The van der Waals surface area contributed by atoms with E-state index in [9.17, 15) is 9.59 Å². The van der Waals surface area contributed by atoms with Crippen LogP contribution in [0.5, 0.6) is 0 Å². The van der Waals surface area contributed by atoms with Crippen LogP contribution in [0.1, 0.15) is 36.4 Å². The van der Waals surface area contributed by atoms with Crippen LogP contribution in [0, 0.1) is 5.92 Å². The van der Waals surface area contributed by atoms with E-state index in [4.69, 9.17) is 11.6 Å². The van der Waals surface area contributed by atoms with Crippen molar-refractivity contribution in [3.05, 3.63) is 21.3 Å². The van der Waals surface area contributed by atoms with Crippen LogP contribution in [0.4, 0.5) is 0 Å². The molecule has 0 aliphatic carbocycles. The maximum atomic E-state index is 11.8. The Morgan fingerprint density at radius 3 is 2.50 bits per heavy atom. The molecule has 100 valence electrons. The van der Waals surface area contributed by atoms with Crippen LogP contribution in [0.3, 0.4) is 0 Å². The fourth-order valence-corrected chi connectivity index (χ4v) is 2.66. The summed E-state index contributed by atoms with van der Waals surface area (Å²) in [6.45, 7) is 4.84. The molecule has 1 heterocycles. The standard InChI is InChI=1S/C13H18ClNO2S/c1-9(2)8-15(3)13(17)7-4-10(16)11-5-6-12(14)18-11/h5-6,9H,4,7-8H2,1-3H3. The highest BCUT2D eigenvalue weighted by Crippen LogP contribution is 2.23. The smallest absolute Gasteiger partial charge is 0.222 e. The summed E-state index contributed by atoms with van der Waals surface area (Å²) in [4.78, 5) is 25.9. The lowest BCUT2D eigenvalue weighted by Crippen LogP contribution is -2.30. The number of nitrogens with zero attached hydrogens (tertiary/aromatic N) is 1. The van der Waals surface area contributed by atoms with Crippen LogP contribution < -0.4 is 0 Å². The lowest BCUT2D eigenvalue weighted by molar-refractivity contribution is -0.130. The van der Waals surface area contributed by atoms with Crippen molar-refractivity contribution in [2.45, 2.75) is 26.7 Å². The maximum absolute atomic E-state index is 11.8. The summed E-state index contributed by atoms with van der Waals surface area (Å²) in [5, 5.41) is 0. The van der Waals surface area contributed by atoms with E-state index in [1.165, 1.54) is 11.3 Å². The van der Waals surface area contributed by atoms with Gasteiger partial charge in [-0.1, -0.05) is 25.4 Å². The van der Waals surface area contributed by atoms with Gasteiger partial charge in [-0.3, -0.25) is 9.59 Å². The SMILES string of the molecule is CC(C)CN(C)C(=O)CCC(=O)c1ccc(Cl)s1. The molecular formula is C13H18ClNO2S. The minimum Gasteiger partial charge on any atom is -0.345 e. The van der Waals surface area contributed by atoms with Gasteiger partial charge >= 0.3 is 0 Å². The number of Topliss-reactive ketones (excluding diaryl/α,β-unsaturated/α-hetero) is 1. The van der Waals surface area contributed by atoms with Crippen molar-refractivity contribution < 1.29 is 9.59 Å². The van der Waals surface area contributed by atoms with E-state index in [-0.39, 0.29) is 24.5 Å². The zero-order chi connectivity index (χ0) is 13.7. The Bertz CT molecular complexity index is 428. The van der Waals surface area contributed by atoms with E-state index in [0.717, 1.165) is 6.54 Å².